The van der Waals surface area contributed by atoms with Crippen molar-refractivity contribution in [3.05, 3.63) is 0 Å². The second kappa shape index (κ2) is 4.32. The maximum atomic E-state index is 9.41. The molecule has 1 fully saturated rings. The van der Waals surface area contributed by atoms with Gasteiger partial charge in [-0.2, -0.15) is 0 Å². The van der Waals surface area contributed by atoms with E-state index in [0.717, 1.165) is 0 Å². The third-order valence-corrected chi connectivity index (χ3v) is 1.94. The fourth-order valence-electron chi connectivity index (χ4n) is 1.15. The SMILES string of the molecule is [2H][C@]1(O)[C@H](O)C(OC)O[C@H](CO)[C@H]1O. The van der Waals surface area contributed by atoms with Gasteiger partial charge in [0.15, 0.2) is 6.29 Å². The van der Waals surface area contributed by atoms with E-state index in [2.05, 4.69) is 4.74 Å². The van der Waals surface area contributed by atoms with E-state index in [1.54, 1.807) is 0 Å². The first kappa shape index (κ1) is 9.32. The van der Waals surface area contributed by atoms with E-state index in [0.29, 0.717) is 0 Å². The van der Waals surface area contributed by atoms with Crippen LogP contribution in [0.25, 0.3) is 0 Å². The highest BCUT2D eigenvalue weighted by molar-refractivity contribution is 4.88. The van der Waals surface area contributed by atoms with Gasteiger partial charge >= 0.3 is 0 Å². The quantitative estimate of drug-likeness (QED) is 0.386. The van der Waals surface area contributed by atoms with Crippen LogP contribution in [0.15, 0.2) is 0 Å². The minimum atomic E-state index is -2.51. The van der Waals surface area contributed by atoms with Gasteiger partial charge in [0, 0.05) is 7.11 Å². The van der Waals surface area contributed by atoms with Crippen molar-refractivity contribution in [2.45, 2.75) is 30.7 Å². The topological polar surface area (TPSA) is 99.4 Å². The monoisotopic (exact) mass is 195 g/mol. The van der Waals surface area contributed by atoms with Crippen molar-refractivity contribution < 1.29 is 31.3 Å². The molecule has 0 radical (unpaired) electrons. The highest BCUT2D eigenvalue weighted by Crippen LogP contribution is 2.20. The predicted octanol–water partition coefficient (Wildman–Crippen LogP) is -2.57. The molecule has 0 amide bonds. The molecule has 0 bridgehead atoms. The van der Waals surface area contributed by atoms with E-state index in [9.17, 15) is 15.3 Å². The molecule has 6 nitrogen and oxygen atoms in total. The van der Waals surface area contributed by atoms with Gasteiger partial charge in [-0.15, -0.1) is 0 Å². The highest BCUT2D eigenvalue weighted by Gasteiger charge is 2.43. The van der Waals surface area contributed by atoms with E-state index in [4.69, 9.17) is 11.2 Å². The molecule has 0 aromatic carbocycles. The number of ether oxygens (including phenoxy) is 2. The first-order valence-corrected chi connectivity index (χ1v) is 3.82. The van der Waals surface area contributed by atoms with E-state index in [1.807, 2.05) is 0 Å². The predicted molar refractivity (Wildman–Crippen MR) is 40.8 cm³/mol. The maximum Gasteiger partial charge on any atom is 0.186 e. The zero-order valence-electron chi connectivity index (χ0n) is 8.12. The Balaban J connectivity index is 2.84. The summed E-state index contributed by atoms with van der Waals surface area (Å²) in [4.78, 5) is 0. The van der Waals surface area contributed by atoms with Crippen LogP contribution in [0, 0.1) is 0 Å². The summed E-state index contributed by atoms with van der Waals surface area (Å²) in [6, 6.07) is 0. The van der Waals surface area contributed by atoms with Crippen molar-refractivity contribution in [2.24, 2.45) is 0 Å². The molecule has 1 unspecified atom stereocenters. The molecule has 1 heterocycles. The minimum absolute atomic E-state index is 0.574. The van der Waals surface area contributed by atoms with Crippen LogP contribution >= 0.6 is 0 Å². The average Bonchev–Trinajstić information content (AvgIpc) is 2.16. The molecule has 0 aromatic rings. The molecule has 1 rings (SSSR count). The summed E-state index contributed by atoms with van der Waals surface area (Å²) in [5, 5.41) is 36.9. The summed E-state index contributed by atoms with van der Waals surface area (Å²) in [5.41, 5.74) is 0. The van der Waals surface area contributed by atoms with Crippen LogP contribution in [-0.4, -0.2) is 64.8 Å². The Kier molecular flexibility index (Phi) is 3.09. The first-order chi connectivity index (χ1) is 6.45. The summed E-state index contributed by atoms with van der Waals surface area (Å²) >= 11 is 0. The molecule has 6 heteroatoms. The zero-order chi connectivity index (χ0) is 10.9. The Hall–Kier alpha value is -0.240. The Morgan fingerprint density at radius 2 is 2.00 bits per heavy atom. The lowest BCUT2D eigenvalue weighted by atomic mass is 9.99. The fraction of sp³-hybridized carbons (Fsp3) is 1.00. The number of rotatable bonds is 2. The van der Waals surface area contributed by atoms with Crippen LogP contribution in [0.5, 0.6) is 0 Å². The third-order valence-electron chi connectivity index (χ3n) is 1.94. The lowest BCUT2D eigenvalue weighted by Gasteiger charge is -2.38. The van der Waals surface area contributed by atoms with Gasteiger partial charge in [0.1, 0.15) is 24.4 Å². The second-order valence-electron chi connectivity index (χ2n) is 2.78. The molecule has 5 atom stereocenters. The number of hydrogen-bond acceptors (Lipinski definition) is 6. The Labute approximate surface area is 76.7 Å². The van der Waals surface area contributed by atoms with Crippen LogP contribution in [-0.2, 0) is 9.47 Å². The van der Waals surface area contributed by atoms with E-state index >= 15 is 0 Å². The normalized spacial score (nSPS) is 53.2. The van der Waals surface area contributed by atoms with Crippen LogP contribution in [0.1, 0.15) is 1.37 Å². The molecule has 4 N–H and O–H groups in total. The minimum Gasteiger partial charge on any atom is -0.394 e. The van der Waals surface area contributed by atoms with Gasteiger partial charge in [-0.3, -0.25) is 0 Å². The van der Waals surface area contributed by atoms with Crippen molar-refractivity contribution in [1.29, 1.82) is 0 Å². The number of hydrogen-bond donors (Lipinski definition) is 4. The molecular formula is C7H14O6. The zero-order valence-corrected chi connectivity index (χ0v) is 7.12. The molecule has 1 saturated heterocycles. The molecule has 1 aliphatic rings. The van der Waals surface area contributed by atoms with Gasteiger partial charge in [0.05, 0.1) is 7.98 Å². The third kappa shape index (κ3) is 1.98. The van der Waals surface area contributed by atoms with Gasteiger partial charge in [-0.25, -0.2) is 0 Å². The van der Waals surface area contributed by atoms with E-state index < -0.39 is 37.3 Å². The van der Waals surface area contributed by atoms with Crippen molar-refractivity contribution in [1.82, 2.24) is 0 Å². The fourth-order valence-corrected chi connectivity index (χ4v) is 1.15. The lowest BCUT2D eigenvalue weighted by Crippen LogP contribution is -2.58. The summed E-state index contributed by atoms with van der Waals surface area (Å²) in [6.45, 7) is -0.574. The van der Waals surface area contributed by atoms with Crippen molar-refractivity contribution in [3.63, 3.8) is 0 Å². The maximum absolute atomic E-state index is 9.41. The molecule has 0 spiro atoms. The lowest BCUT2D eigenvalue weighted by molar-refractivity contribution is -0.294. The second-order valence-corrected chi connectivity index (χ2v) is 2.78. The average molecular weight is 195 g/mol. The standard InChI is InChI=1S/C7H14O6/c1-12-7-6(11)5(10)4(9)3(2-8)13-7/h3-11H,2H2,1H3/t3-,4-,5-,6+,7?/m1/s1/i5D. The van der Waals surface area contributed by atoms with Crippen molar-refractivity contribution in [3.8, 4) is 0 Å². The summed E-state index contributed by atoms with van der Waals surface area (Å²) in [7, 11) is 1.22. The van der Waals surface area contributed by atoms with Gasteiger partial charge in [-0.1, -0.05) is 0 Å². The number of aliphatic hydroxyl groups is 4. The molecule has 13 heavy (non-hydrogen) atoms. The van der Waals surface area contributed by atoms with E-state index in [-0.39, 0.29) is 0 Å². The van der Waals surface area contributed by atoms with Crippen molar-refractivity contribution in [2.75, 3.05) is 13.7 Å². The van der Waals surface area contributed by atoms with Gasteiger partial charge < -0.3 is 29.9 Å². The van der Waals surface area contributed by atoms with Crippen LogP contribution in [0.3, 0.4) is 0 Å². The molecule has 78 valence electrons. The number of aliphatic hydroxyl groups excluding tert-OH is 3. The Morgan fingerprint density at radius 3 is 2.46 bits per heavy atom. The molecule has 0 aromatic heterocycles. The molecular weight excluding hydrogens is 180 g/mol. The first-order valence-electron chi connectivity index (χ1n) is 4.32. The van der Waals surface area contributed by atoms with Crippen LogP contribution < -0.4 is 0 Å². The highest BCUT2D eigenvalue weighted by atomic mass is 16.7. The summed E-state index contributed by atoms with van der Waals surface area (Å²) < 4.78 is 16.8. The Bertz CT molecular complexity index is 181. The van der Waals surface area contributed by atoms with Crippen molar-refractivity contribution >= 4 is 0 Å². The molecule has 1 aliphatic heterocycles. The molecule has 0 saturated carbocycles. The summed E-state index contributed by atoms with van der Waals surface area (Å²) in [6.07, 6.45) is -8.27. The van der Waals surface area contributed by atoms with Gasteiger partial charge in [0.2, 0.25) is 0 Å². The van der Waals surface area contributed by atoms with Gasteiger partial charge in [-0.05, 0) is 0 Å². The van der Waals surface area contributed by atoms with E-state index in [1.165, 1.54) is 7.11 Å². The smallest absolute Gasteiger partial charge is 0.186 e. The van der Waals surface area contributed by atoms with Crippen LogP contribution in [0.4, 0.5) is 0 Å². The Morgan fingerprint density at radius 1 is 1.38 bits per heavy atom. The molecule has 0 aliphatic carbocycles. The largest absolute Gasteiger partial charge is 0.394 e. The van der Waals surface area contributed by atoms with Crippen LogP contribution in [0.2, 0.25) is 0 Å². The number of methoxy groups -OCH3 is 1. The van der Waals surface area contributed by atoms with Gasteiger partial charge in [0.25, 0.3) is 0 Å². The summed E-state index contributed by atoms with van der Waals surface area (Å²) in [5.74, 6) is 0.